The van der Waals surface area contributed by atoms with Crippen LogP contribution in [0.2, 0.25) is 0 Å². The fraction of sp³-hybridized carbons (Fsp3) is 0.300. The van der Waals surface area contributed by atoms with Gasteiger partial charge in [0.25, 0.3) is 5.91 Å². The Hall–Kier alpha value is -3.02. The Kier molecular flexibility index (Phi) is 4.73. The van der Waals surface area contributed by atoms with Crippen molar-refractivity contribution in [3.05, 3.63) is 72.6 Å². The molecule has 0 spiro atoms. The standard InChI is InChI=1S/C20H21N5O/c26-20(17-3-1-4-19(13-17)24-14-22-23-15-24)25-12-2-5-18(25)7-6-16-8-10-21-11-9-16/h1,3-4,8-11,13-15,18H,2,5-7,12H2. The highest BCUT2D eigenvalue weighted by atomic mass is 16.2. The van der Waals surface area contributed by atoms with Gasteiger partial charge in [-0.1, -0.05) is 6.07 Å². The summed E-state index contributed by atoms with van der Waals surface area (Å²) in [5.41, 5.74) is 2.88. The summed E-state index contributed by atoms with van der Waals surface area (Å²) >= 11 is 0. The zero-order chi connectivity index (χ0) is 17.8. The zero-order valence-corrected chi connectivity index (χ0v) is 14.5. The number of carbonyl (C=O) groups excluding carboxylic acids is 1. The first-order valence-electron chi connectivity index (χ1n) is 8.96. The lowest BCUT2D eigenvalue weighted by Gasteiger charge is -2.25. The summed E-state index contributed by atoms with van der Waals surface area (Å²) in [6, 6.07) is 12.0. The second-order valence-electron chi connectivity index (χ2n) is 6.61. The van der Waals surface area contributed by atoms with Crippen molar-refractivity contribution in [2.45, 2.75) is 31.7 Å². The summed E-state index contributed by atoms with van der Waals surface area (Å²) in [5.74, 6) is 0.108. The average molecular weight is 347 g/mol. The number of carbonyl (C=O) groups is 1. The van der Waals surface area contributed by atoms with Crippen LogP contribution in [0.3, 0.4) is 0 Å². The molecule has 0 N–H and O–H groups in total. The lowest BCUT2D eigenvalue weighted by molar-refractivity contribution is 0.0730. The molecule has 1 aliphatic rings. The fourth-order valence-electron chi connectivity index (χ4n) is 3.59. The van der Waals surface area contributed by atoms with E-state index < -0.39 is 0 Å². The first kappa shape index (κ1) is 16.4. The van der Waals surface area contributed by atoms with Crippen LogP contribution in [0.25, 0.3) is 5.69 Å². The number of aryl methyl sites for hydroxylation is 1. The van der Waals surface area contributed by atoms with E-state index in [1.165, 1.54) is 5.56 Å². The second-order valence-corrected chi connectivity index (χ2v) is 6.61. The van der Waals surface area contributed by atoms with E-state index in [0.29, 0.717) is 11.6 Å². The Morgan fingerprint density at radius 3 is 2.73 bits per heavy atom. The maximum atomic E-state index is 13.1. The first-order valence-corrected chi connectivity index (χ1v) is 8.96. The molecule has 4 rings (SSSR count). The van der Waals surface area contributed by atoms with Gasteiger partial charge in [-0.05, 0) is 61.6 Å². The molecule has 0 bridgehead atoms. The molecule has 1 atom stereocenters. The number of nitrogens with zero attached hydrogens (tertiary/aromatic N) is 5. The number of hydrogen-bond donors (Lipinski definition) is 0. The summed E-state index contributed by atoms with van der Waals surface area (Å²) < 4.78 is 1.81. The third-order valence-electron chi connectivity index (χ3n) is 4.96. The van der Waals surface area contributed by atoms with Crippen molar-refractivity contribution >= 4 is 5.91 Å². The smallest absolute Gasteiger partial charge is 0.254 e. The van der Waals surface area contributed by atoms with Gasteiger partial charge in [-0.25, -0.2) is 0 Å². The van der Waals surface area contributed by atoms with Crippen molar-refractivity contribution in [1.82, 2.24) is 24.6 Å². The number of likely N-dealkylation sites (tertiary alicyclic amines) is 1. The van der Waals surface area contributed by atoms with Gasteiger partial charge in [0.05, 0.1) is 0 Å². The number of rotatable bonds is 5. The van der Waals surface area contributed by atoms with Crippen molar-refractivity contribution in [3.63, 3.8) is 0 Å². The normalized spacial score (nSPS) is 16.8. The molecule has 1 aliphatic heterocycles. The zero-order valence-electron chi connectivity index (χ0n) is 14.5. The van der Waals surface area contributed by atoms with Crippen molar-refractivity contribution in [3.8, 4) is 5.69 Å². The third kappa shape index (κ3) is 3.49. The quantitative estimate of drug-likeness (QED) is 0.712. The van der Waals surface area contributed by atoms with Gasteiger partial charge in [0.15, 0.2) is 0 Å². The summed E-state index contributed by atoms with van der Waals surface area (Å²) in [7, 11) is 0. The van der Waals surface area contributed by atoms with E-state index in [9.17, 15) is 4.79 Å². The minimum atomic E-state index is 0.108. The largest absolute Gasteiger partial charge is 0.336 e. The van der Waals surface area contributed by atoms with Crippen molar-refractivity contribution < 1.29 is 4.79 Å². The Balaban J connectivity index is 1.47. The molecule has 0 saturated carbocycles. The Labute approximate surface area is 152 Å². The van der Waals surface area contributed by atoms with Gasteiger partial charge in [0, 0.05) is 36.2 Å². The van der Waals surface area contributed by atoms with Crippen LogP contribution in [0.15, 0.2) is 61.4 Å². The highest BCUT2D eigenvalue weighted by Gasteiger charge is 2.29. The molecule has 1 saturated heterocycles. The van der Waals surface area contributed by atoms with Gasteiger partial charge in [-0.15, -0.1) is 10.2 Å². The molecule has 6 nitrogen and oxygen atoms in total. The van der Waals surface area contributed by atoms with Crippen LogP contribution in [-0.4, -0.2) is 43.1 Å². The van der Waals surface area contributed by atoms with Crippen LogP contribution < -0.4 is 0 Å². The van der Waals surface area contributed by atoms with Gasteiger partial charge in [-0.2, -0.15) is 0 Å². The van der Waals surface area contributed by atoms with Crippen LogP contribution in [0.1, 0.15) is 35.2 Å². The number of aromatic nitrogens is 4. The van der Waals surface area contributed by atoms with E-state index in [2.05, 4.69) is 15.2 Å². The molecule has 2 aromatic heterocycles. The van der Waals surface area contributed by atoms with Crippen molar-refractivity contribution in [1.29, 1.82) is 0 Å². The van der Waals surface area contributed by atoms with E-state index in [1.807, 2.05) is 58.3 Å². The summed E-state index contributed by atoms with van der Waals surface area (Å²) in [5, 5.41) is 7.66. The molecule has 1 unspecified atom stereocenters. The Morgan fingerprint density at radius 1 is 1.12 bits per heavy atom. The summed E-state index contributed by atoms with van der Waals surface area (Å²) in [4.78, 5) is 19.2. The average Bonchev–Trinajstić information content (AvgIpc) is 3.39. The molecule has 6 heteroatoms. The maximum absolute atomic E-state index is 13.1. The highest BCUT2D eigenvalue weighted by Crippen LogP contribution is 2.24. The predicted octanol–water partition coefficient (Wildman–Crippen LogP) is 2.90. The van der Waals surface area contributed by atoms with E-state index in [0.717, 1.165) is 37.9 Å². The van der Waals surface area contributed by atoms with E-state index in [-0.39, 0.29) is 5.91 Å². The number of hydrogen-bond acceptors (Lipinski definition) is 4. The third-order valence-corrected chi connectivity index (χ3v) is 4.96. The molecule has 1 amide bonds. The van der Waals surface area contributed by atoms with Crippen molar-refractivity contribution in [2.75, 3.05) is 6.54 Å². The van der Waals surface area contributed by atoms with Gasteiger partial charge in [0.2, 0.25) is 0 Å². The Morgan fingerprint density at radius 2 is 1.92 bits per heavy atom. The minimum absolute atomic E-state index is 0.108. The van der Waals surface area contributed by atoms with Gasteiger partial charge in [-0.3, -0.25) is 14.3 Å². The van der Waals surface area contributed by atoms with E-state index >= 15 is 0 Å². The number of benzene rings is 1. The summed E-state index contributed by atoms with van der Waals surface area (Å²) in [6.07, 6.45) is 11.0. The monoisotopic (exact) mass is 347 g/mol. The first-order chi connectivity index (χ1) is 12.8. The van der Waals surface area contributed by atoms with Crippen LogP contribution in [0.4, 0.5) is 0 Å². The molecule has 1 aromatic carbocycles. The highest BCUT2D eigenvalue weighted by molar-refractivity contribution is 5.95. The van der Waals surface area contributed by atoms with Crippen LogP contribution in [0, 0.1) is 0 Å². The fourth-order valence-corrected chi connectivity index (χ4v) is 3.59. The lowest BCUT2D eigenvalue weighted by atomic mass is 10.0. The second kappa shape index (κ2) is 7.47. The molecular formula is C20H21N5O. The Bertz CT molecular complexity index is 863. The number of pyridine rings is 1. The molecule has 0 radical (unpaired) electrons. The SMILES string of the molecule is O=C(c1cccc(-n2cnnc2)c1)N1CCCC1CCc1ccncc1. The van der Waals surface area contributed by atoms with Crippen molar-refractivity contribution in [2.24, 2.45) is 0 Å². The van der Waals surface area contributed by atoms with E-state index in [1.54, 1.807) is 12.7 Å². The van der Waals surface area contributed by atoms with Crippen LogP contribution in [0.5, 0.6) is 0 Å². The number of amides is 1. The topological polar surface area (TPSA) is 63.9 Å². The minimum Gasteiger partial charge on any atom is -0.336 e. The van der Waals surface area contributed by atoms with Gasteiger partial charge < -0.3 is 4.90 Å². The van der Waals surface area contributed by atoms with Gasteiger partial charge in [0.1, 0.15) is 12.7 Å². The molecule has 132 valence electrons. The van der Waals surface area contributed by atoms with Crippen LogP contribution in [-0.2, 0) is 6.42 Å². The van der Waals surface area contributed by atoms with E-state index in [4.69, 9.17) is 0 Å². The summed E-state index contributed by atoms with van der Waals surface area (Å²) in [6.45, 7) is 0.830. The molecule has 26 heavy (non-hydrogen) atoms. The predicted molar refractivity (Wildman–Crippen MR) is 98.0 cm³/mol. The maximum Gasteiger partial charge on any atom is 0.254 e. The molecule has 3 heterocycles. The van der Waals surface area contributed by atoms with Crippen LogP contribution >= 0.6 is 0 Å². The molecule has 1 fully saturated rings. The van der Waals surface area contributed by atoms with Gasteiger partial charge >= 0.3 is 0 Å². The molecular weight excluding hydrogens is 326 g/mol. The molecule has 0 aliphatic carbocycles. The lowest BCUT2D eigenvalue weighted by Crippen LogP contribution is -2.35. The molecule has 3 aromatic rings.